The highest BCUT2D eigenvalue weighted by atomic mass is 15.2. The third kappa shape index (κ3) is 3.62. The smallest absolute Gasteiger partial charge is 0.0310 e. The summed E-state index contributed by atoms with van der Waals surface area (Å²) in [5, 5.41) is 0. The molecule has 2 aliphatic rings. The maximum absolute atomic E-state index is 2.68. The van der Waals surface area contributed by atoms with Gasteiger partial charge in [-0.1, -0.05) is 72.7 Å². The van der Waals surface area contributed by atoms with Crippen LogP contribution in [-0.2, 0) is 6.42 Å². The predicted octanol–water partition coefficient (Wildman–Crippen LogP) is 5.31. The van der Waals surface area contributed by atoms with Gasteiger partial charge in [0.25, 0.3) is 0 Å². The highest BCUT2D eigenvalue weighted by molar-refractivity contribution is 5.55. The van der Waals surface area contributed by atoms with Crippen LogP contribution in [0.2, 0.25) is 0 Å². The van der Waals surface area contributed by atoms with Gasteiger partial charge < -0.3 is 0 Å². The van der Waals surface area contributed by atoms with Crippen LogP contribution >= 0.6 is 0 Å². The summed E-state index contributed by atoms with van der Waals surface area (Å²) < 4.78 is 0. The molecule has 4 rings (SSSR count). The Kier molecular flexibility index (Phi) is 4.80. The van der Waals surface area contributed by atoms with Gasteiger partial charge in [0.15, 0.2) is 0 Å². The minimum Gasteiger partial charge on any atom is -0.297 e. The zero-order valence-electron chi connectivity index (χ0n) is 14.5. The SMILES string of the molecule is C(=C1/CCCCC1N1CCC1)/c1ccc(Cc2ccccc2)cc1. The molecule has 0 spiro atoms. The van der Waals surface area contributed by atoms with Crippen LogP contribution in [0.1, 0.15) is 48.8 Å². The number of hydrogen-bond donors (Lipinski definition) is 0. The predicted molar refractivity (Wildman–Crippen MR) is 102 cm³/mol. The Morgan fingerprint density at radius 1 is 0.833 bits per heavy atom. The second-order valence-electron chi connectivity index (χ2n) is 7.27. The summed E-state index contributed by atoms with van der Waals surface area (Å²) in [7, 11) is 0. The van der Waals surface area contributed by atoms with Crippen LogP contribution < -0.4 is 0 Å². The first kappa shape index (κ1) is 15.7. The van der Waals surface area contributed by atoms with Gasteiger partial charge in [0.05, 0.1) is 0 Å². The number of rotatable bonds is 4. The van der Waals surface area contributed by atoms with E-state index in [0.717, 1.165) is 12.5 Å². The van der Waals surface area contributed by atoms with Gasteiger partial charge in [-0.15, -0.1) is 0 Å². The lowest BCUT2D eigenvalue weighted by molar-refractivity contribution is 0.121. The average Bonchev–Trinajstić information content (AvgIpc) is 2.58. The van der Waals surface area contributed by atoms with Crippen LogP contribution in [-0.4, -0.2) is 24.0 Å². The molecule has 1 heteroatoms. The Bertz CT molecular complexity index is 680. The minimum atomic E-state index is 0.719. The van der Waals surface area contributed by atoms with E-state index in [-0.39, 0.29) is 0 Å². The second kappa shape index (κ2) is 7.36. The second-order valence-corrected chi connectivity index (χ2v) is 7.27. The molecule has 2 aromatic rings. The first-order valence-corrected chi connectivity index (χ1v) is 9.46. The van der Waals surface area contributed by atoms with Gasteiger partial charge in [-0.25, -0.2) is 0 Å². The van der Waals surface area contributed by atoms with Crippen LogP contribution in [0.15, 0.2) is 60.2 Å². The lowest BCUT2D eigenvalue weighted by atomic mass is 9.86. The molecule has 2 aromatic carbocycles. The average molecular weight is 317 g/mol. The molecule has 0 bridgehead atoms. The molecular formula is C23H27N. The summed E-state index contributed by atoms with van der Waals surface area (Å²) in [6.45, 7) is 2.61. The van der Waals surface area contributed by atoms with Crippen molar-refractivity contribution in [2.24, 2.45) is 0 Å². The summed E-state index contributed by atoms with van der Waals surface area (Å²) in [5.41, 5.74) is 5.81. The summed E-state index contributed by atoms with van der Waals surface area (Å²) in [6.07, 6.45) is 10.3. The van der Waals surface area contributed by atoms with E-state index >= 15 is 0 Å². The Morgan fingerprint density at radius 2 is 1.58 bits per heavy atom. The molecule has 2 fully saturated rings. The number of likely N-dealkylation sites (tertiary alicyclic amines) is 1. The molecule has 124 valence electrons. The molecule has 1 unspecified atom stereocenters. The number of benzene rings is 2. The van der Waals surface area contributed by atoms with Gasteiger partial charge >= 0.3 is 0 Å². The molecule has 0 aromatic heterocycles. The monoisotopic (exact) mass is 317 g/mol. The van der Waals surface area contributed by atoms with Gasteiger partial charge in [-0.05, 0) is 61.9 Å². The Hall–Kier alpha value is -1.86. The lowest BCUT2D eigenvalue weighted by Crippen LogP contribution is -2.46. The molecule has 1 heterocycles. The van der Waals surface area contributed by atoms with Crippen molar-refractivity contribution in [3.05, 3.63) is 76.9 Å². The van der Waals surface area contributed by atoms with Gasteiger partial charge in [-0.3, -0.25) is 4.90 Å². The van der Waals surface area contributed by atoms with E-state index < -0.39 is 0 Å². The quantitative estimate of drug-likeness (QED) is 0.738. The van der Waals surface area contributed by atoms with Crippen LogP contribution in [0, 0.1) is 0 Å². The molecule has 24 heavy (non-hydrogen) atoms. The van der Waals surface area contributed by atoms with Crippen molar-refractivity contribution in [2.45, 2.75) is 44.6 Å². The minimum absolute atomic E-state index is 0.719. The van der Waals surface area contributed by atoms with E-state index in [2.05, 4.69) is 65.6 Å². The molecule has 1 aliphatic carbocycles. The first-order chi connectivity index (χ1) is 11.9. The normalized spacial score (nSPS) is 23.2. The van der Waals surface area contributed by atoms with Crippen molar-refractivity contribution in [3.63, 3.8) is 0 Å². The van der Waals surface area contributed by atoms with Gasteiger partial charge in [0, 0.05) is 6.04 Å². The van der Waals surface area contributed by atoms with Crippen molar-refractivity contribution in [3.8, 4) is 0 Å². The van der Waals surface area contributed by atoms with Crippen molar-refractivity contribution < 1.29 is 0 Å². The summed E-state index contributed by atoms with van der Waals surface area (Å²) in [6, 6.07) is 20.6. The first-order valence-electron chi connectivity index (χ1n) is 9.46. The Morgan fingerprint density at radius 3 is 2.29 bits per heavy atom. The molecule has 0 N–H and O–H groups in total. The molecule has 0 radical (unpaired) electrons. The molecule has 0 amide bonds. The summed E-state index contributed by atoms with van der Waals surface area (Å²) in [5.74, 6) is 0. The largest absolute Gasteiger partial charge is 0.297 e. The van der Waals surface area contributed by atoms with Gasteiger partial charge in [-0.2, -0.15) is 0 Å². The fourth-order valence-electron chi connectivity index (χ4n) is 4.03. The third-order valence-corrected chi connectivity index (χ3v) is 5.54. The topological polar surface area (TPSA) is 3.24 Å². The van der Waals surface area contributed by atoms with Crippen molar-refractivity contribution in [1.82, 2.24) is 4.90 Å². The molecule has 1 nitrogen and oxygen atoms in total. The molecular weight excluding hydrogens is 290 g/mol. The maximum Gasteiger partial charge on any atom is 0.0310 e. The van der Waals surface area contributed by atoms with Gasteiger partial charge in [0.1, 0.15) is 0 Å². The zero-order valence-corrected chi connectivity index (χ0v) is 14.5. The van der Waals surface area contributed by atoms with E-state index in [1.807, 2.05) is 0 Å². The van der Waals surface area contributed by atoms with Crippen LogP contribution in [0.4, 0.5) is 0 Å². The van der Waals surface area contributed by atoms with E-state index in [4.69, 9.17) is 0 Å². The standard InChI is InChI=1S/C23H27N/c1-2-7-19(8-3-1)17-20-11-13-21(14-12-20)18-22-9-4-5-10-23(22)24-15-6-16-24/h1-3,7-8,11-14,18,23H,4-6,9-10,15-17H2/b22-18+. The van der Waals surface area contributed by atoms with Crippen LogP contribution in [0.5, 0.6) is 0 Å². The van der Waals surface area contributed by atoms with Crippen LogP contribution in [0.3, 0.4) is 0 Å². The summed E-state index contributed by atoms with van der Waals surface area (Å²) in [4.78, 5) is 2.68. The van der Waals surface area contributed by atoms with E-state index in [1.54, 1.807) is 5.57 Å². The van der Waals surface area contributed by atoms with Crippen molar-refractivity contribution in [1.29, 1.82) is 0 Å². The van der Waals surface area contributed by atoms with Crippen molar-refractivity contribution in [2.75, 3.05) is 13.1 Å². The molecule has 1 saturated carbocycles. The maximum atomic E-state index is 2.68. The van der Waals surface area contributed by atoms with Crippen LogP contribution in [0.25, 0.3) is 6.08 Å². The third-order valence-electron chi connectivity index (χ3n) is 5.54. The number of nitrogens with zero attached hydrogens (tertiary/aromatic N) is 1. The van der Waals surface area contributed by atoms with E-state index in [0.29, 0.717) is 0 Å². The molecule has 1 atom stereocenters. The molecule has 1 saturated heterocycles. The number of hydrogen-bond acceptors (Lipinski definition) is 1. The van der Waals surface area contributed by atoms with Crippen molar-refractivity contribution >= 4 is 6.08 Å². The zero-order chi connectivity index (χ0) is 16.2. The molecule has 1 aliphatic heterocycles. The fourth-order valence-corrected chi connectivity index (χ4v) is 4.03. The fraction of sp³-hybridized carbons (Fsp3) is 0.391. The highest BCUT2D eigenvalue weighted by Crippen LogP contribution is 2.32. The lowest BCUT2D eigenvalue weighted by Gasteiger charge is -2.42. The van der Waals surface area contributed by atoms with Gasteiger partial charge in [0.2, 0.25) is 0 Å². The van der Waals surface area contributed by atoms with E-state index in [1.165, 1.54) is 61.9 Å². The van der Waals surface area contributed by atoms with E-state index in [9.17, 15) is 0 Å². The Labute approximate surface area is 146 Å². The highest BCUT2D eigenvalue weighted by Gasteiger charge is 2.28. The summed E-state index contributed by atoms with van der Waals surface area (Å²) >= 11 is 0. The Balaban J connectivity index is 1.47.